The first-order valence-electron chi connectivity index (χ1n) is 6.20. The molecule has 0 saturated carbocycles. The molecule has 94 valence electrons. The van der Waals surface area contributed by atoms with E-state index in [-0.39, 0.29) is 11.9 Å². The Kier molecular flexibility index (Phi) is 5.70. The molecule has 0 radical (unpaired) electrons. The first-order chi connectivity index (χ1) is 8.15. The maximum absolute atomic E-state index is 11.6. The quantitative estimate of drug-likeness (QED) is 0.790. The highest BCUT2D eigenvalue weighted by molar-refractivity contribution is 5.81. The zero-order valence-electron chi connectivity index (χ0n) is 10.9. The van der Waals surface area contributed by atoms with E-state index in [9.17, 15) is 4.79 Å². The number of benzene rings is 1. The Hall–Kier alpha value is -1.35. The van der Waals surface area contributed by atoms with Crippen LogP contribution in [0.2, 0.25) is 0 Å². The van der Waals surface area contributed by atoms with Gasteiger partial charge in [-0.2, -0.15) is 0 Å². The normalized spacial score (nSPS) is 12.2. The fourth-order valence-corrected chi connectivity index (χ4v) is 1.57. The molecule has 1 aromatic carbocycles. The van der Waals surface area contributed by atoms with Gasteiger partial charge in [-0.15, -0.1) is 0 Å². The first-order valence-corrected chi connectivity index (χ1v) is 6.20. The van der Waals surface area contributed by atoms with E-state index in [2.05, 4.69) is 29.7 Å². The number of rotatable bonds is 6. The molecule has 0 fully saturated rings. The molecule has 1 atom stereocenters. The van der Waals surface area contributed by atoms with Crippen LogP contribution in [0.4, 0.5) is 0 Å². The van der Waals surface area contributed by atoms with Crippen molar-refractivity contribution in [3.63, 3.8) is 0 Å². The monoisotopic (exact) mass is 234 g/mol. The largest absolute Gasteiger partial charge is 0.355 e. The van der Waals surface area contributed by atoms with Crippen LogP contribution in [0.25, 0.3) is 0 Å². The third-order valence-electron chi connectivity index (χ3n) is 2.80. The van der Waals surface area contributed by atoms with Gasteiger partial charge in [-0.25, -0.2) is 0 Å². The fourth-order valence-electron chi connectivity index (χ4n) is 1.57. The number of amides is 1. The first kappa shape index (κ1) is 13.7. The van der Waals surface area contributed by atoms with Gasteiger partial charge in [-0.1, -0.05) is 31.2 Å². The van der Waals surface area contributed by atoms with Crippen molar-refractivity contribution in [2.45, 2.75) is 39.8 Å². The molecule has 0 bridgehead atoms. The number of aryl methyl sites for hydroxylation is 1. The average Bonchev–Trinajstić information content (AvgIpc) is 2.34. The number of hydrogen-bond donors (Lipinski definition) is 2. The average molecular weight is 234 g/mol. The highest BCUT2D eigenvalue weighted by Crippen LogP contribution is 2.06. The molecule has 1 unspecified atom stereocenters. The van der Waals surface area contributed by atoms with Gasteiger partial charge in [0.2, 0.25) is 5.91 Å². The maximum Gasteiger partial charge on any atom is 0.236 e. The van der Waals surface area contributed by atoms with Crippen molar-refractivity contribution in [1.29, 1.82) is 0 Å². The lowest BCUT2D eigenvalue weighted by molar-refractivity contribution is -0.122. The predicted octanol–water partition coefficient (Wildman–Crippen LogP) is 2.00. The molecule has 1 aromatic rings. The zero-order valence-corrected chi connectivity index (χ0v) is 10.9. The maximum atomic E-state index is 11.6. The van der Waals surface area contributed by atoms with Crippen LogP contribution in [0, 0.1) is 6.92 Å². The molecule has 0 aromatic heterocycles. The Bertz CT molecular complexity index is 363. The molecule has 0 aliphatic heterocycles. The Balaban J connectivity index is 2.40. The Morgan fingerprint density at radius 2 is 2.06 bits per heavy atom. The summed E-state index contributed by atoms with van der Waals surface area (Å²) in [6, 6.07) is 8.06. The van der Waals surface area contributed by atoms with Gasteiger partial charge in [0.05, 0.1) is 6.04 Å². The van der Waals surface area contributed by atoms with Crippen molar-refractivity contribution in [2.24, 2.45) is 0 Å². The molecule has 17 heavy (non-hydrogen) atoms. The number of hydrogen-bond acceptors (Lipinski definition) is 2. The summed E-state index contributed by atoms with van der Waals surface area (Å²) in [5.74, 6) is 0.0698. The highest BCUT2D eigenvalue weighted by Gasteiger charge is 2.11. The summed E-state index contributed by atoms with van der Waals surface area (Å²) in [6.07, 6.45) is 0.969. The Morgan fingerprint density at radius 1 is 1.35 bits per heavy atom. The van der Waals surface area contributed by atoms with Crippen LogP contribution in [0.5, 0.6) is 0 Å². The molecule has 0 heterocycles. The lowest BCUT2D eigenvalue weighted by Gasteiger charge is -2.14. The van der Waals surface area contributed by atoms with Crippen LogP contribution in [-0.2, 0) is 11.3 Å². The molecular formula is C14H22N2O. The molecule has 3 heteroatoms. The van der Waals surface area contributed by atoms with Crippen molar-refractivity contribution in [2.75, 3.05) is 6.54 Å². The van der Waals surface area contributed by atoms with Crippen molar-refractivity contribution in [1.82, 2.24) is 10.6 Å². The summed E-state index contributed by atoms with van der Waals surface area (Å²) in [6.45, 7) is 7.50. The second kappa shape index (κ2) is 7.07. The van der Waals surface area contributed by atoms with E-state index in [1.165, 1.54) is 11.1 Å². The van der Waals surface area contributed by atoms with E-state index in [0.717, 1.165) is 19.5 Å². The van der Waals surface area contributed by atoms with E-state index in [4.69, 9.17) is 0 Å². The lowest BCUT2D eigenvalue weighted by Crippen LogP contribution is -2.42. The van der Waals surface area contributed by atoms with Crippen molar-refractivity contribution in [3.05, 3.63) is 35.4 Å². The third-order valence-corrected chi connectivity index (χ3v) is 2.80. The predicted molar refractivity (Wildman–Crippen MR) is 70.8 cm³/mol. The van der Waals surface area contributed by atoms with Gasteiger partial charge < -0.3 is 10.6 Å². The van der Waals surface area contributed by atoms with Crippen LogP contribution >= 0.6 is 0 Å². The smallest absolute Gasteiger partial charge is 0.236 e. The van der Waals surface area contributed by atoms with Crippen LogP contribution in [0.3, 0.4) is 0 Å². The molecule has 0 aliphatic carbocycles. The molecule has 0 saturated heterocycles. The minimum Gasteiger partial charge on any atom is -0.355 e. The molecule has 0 spiro atoms. The molecule has 0 aliphatic rings. The van der Waals surface area contributed by atoms with Crippen LogP contribution in [0.15, 0.2) is 24.3 Å². The summed E-state index contributed by atoms with van der Waals surface area (Å²) in [4.78, 5) is 11.6. The van der Waals surface area contributed by atoms with Gasteiger partial charge in [0.25, 0.3) is 0 Å². The molecule has 1 amide bonds. The third kappa shape index (κ3) is 4.57. The Morgan fingerprint density at radius 3 is 2.71 bits per heavy atom. The van der Waals surface area contributed by atoms with Crippen LogP contribution in [-0.4, -0.2) is 18.5 Å². The van der Waals surface area contributed by atoms with Crippen molar-refractivity contribution < 1.29 is 4.79 Å². The van der Waals surface area contributed by atoms with Crippen LogP contribution in [0.1, 0.15) is 31.4 Å². The van der Waals surface area contributed by atoms with Gasteiger partial charge in [-0.05, 0) is 31.4 Å². The summed E-state index contributed by atoms with van der Waals surface area (Å²) >= 11 is 0. The summed E-state index contributed by atoms with van der Waals surface area (Å²) in [5, 5.41) is 6.12. The van der Waals surface area contributed by atoms with Gasteiger partial charge in [0.1, 0.15) is 0 Å². The Labute approximate surface area is 104 Å². The number of nitrogens with one attached hydrogen (secondary N) is 2. The molecule has 3 nitrogen and oxygen atoms in total. The topological polar surface area (TPSA) is 41.1 Å². The summed E-state index contributed by atoms with van der Waals surface area (Å²) in [5.41, 5.74) is 2.49. The SMILES string of the molecule is CCCNC(=O)C(C)NCc1ccccc1C. The van der Waals surface area contributed by atoms with Gasteiger partial charge in [-0.3, -0.25) is 4.79 Å². The van der Waals surface area contributed by atoms with E-state index in [1.807, 2.05) is 26.0 Å². The minimum atomic E-state index is -0.152. The summed E-state index contributed by atoms with van der Waals surface area (Å²) in [7, 11) is 0. The number of carbonyl (C=O) groups is 1. The second-order valence-electron chi connectivity index (χ2n) is 4.32. The molecule has 2 N–H and O–H groups in total. The van der Waals surface area contributed by atoms with E-state index in [1.54, 1.807) is 0 Å². The van der Waals surface area contributed by atoms with E-state index >= 15 is 0 Å². The van der Waals surface area contributed by atoms with Crippen LogP contribution < -0.4 is 10.6 Å². The minimum absolute atomic E-state index is 0.0698. The standard InChI is InChI=1S/C14H22N2O/c1-4-9-15-14(17)12(3)16-10-13-8-6-5-7-11(13)2/h5-8,12,16H,4,9-10H2,1-3H3,(H,15,17). The zero-order chi connectivity index (χ0) is 12.7. The molecular weight excluding hydrogens is 212 g/mol. The second-order valence-corrected chi connectivity index (χ2v) is 4.32. The van der Waals surface area contributed by atoms with E-state index < -0.39 is 0 Å². The molecule has 1 rings (SSSR count). The van der Waals surface area contributed by atoms with Crippen molar-refractivity contribution >= 4 is 5.91 Å². The van der Waals surface area contributed by atoms with Gasteiger partial charge in [0.15, 0.2) is 0 Å². The fraction of sp³-hybridized carbons (Fsp3) is 0.500. The van der Waals surface area contributed by atoms with Crippen molar-refractivity contribution in [3.8, 4) is 0 Å². The van der Waals surface area contributed by atoms with Gasteiger partial charge >= 0.3 is 0 Å². The summed E-state index contributed by atoms with van der Waals surface area (Å²) < 4.78 is 0. The highest BCUT2D eigenvalue weighted by atomic mass is 16.2. The van der Waals surface area contributed by atoms with Gasteiger partial charge in [0, 0.05) is 13.1 Å². The van der Waals surface area contributed by atoms with E-state index in [0.29, 0.717) is 0 Å². The lowest BCUT2D eigenvalue weighted by atomic mass is 10.1. The number of carbonyl (C=O) groups excluding carboxylic acids is 1.